The Bertz CT molecular complexity index is 1260. The predicted molar refractivity (Wildman–Crippen MR) is 119 cm³/mol. The van der Waals surface area contributed by atoms with Gasteiger partial charge in [0.1, 0.15) is 12.6 Å². The second kappa shape index (κ2) is 7.05. The highest BCUT2D eigenvalue weighted by molar-refractivity contribution is 7.17. The third-order valence-corrected chi connectivity index (χ3v) is 7.90. The predicted octanol–water partition coefficient (Wildman–Crippen LogP) is 2.64. The van der Waals surface area contributed by atoms with Gasteiger partial charge in [0.25, 0.3) is 5.56 Å². The number of pyridine rings is 1. The van der Waals surface area contributed by atoms with Crippen molar-refractivity contribution in [3.05, 3.63) is 69.5 Å². The molecule has 0 N–H and O–H groups in total. The van der Waals surface area contributed by atoms with Gasteiger partial charge in [0.05, 0.1) is 5.39 Å². The van der Waals surface area contributed by atoms with Crippen molar-refractivity contribution in [2.45, 2.75) is 44.4 Å². The van der Waals surface area contributed by atoms with Gasteiger partial charge in [-0.3, -0.25) is 14.4 Å². The van der Waals surface area contributed by atoms with E-state index in [0.717, 1.165) is 24.0 Å². The van der Waals surface area contributed by atoms with Gasteiger partial charge >= 0.3 is 0 Å². The Morgan fingerprint density at radius 2 is 1.90 bits per heavy atom. The van der Waals surface area contributed by atoms with E-state index in [0.29, 0.717) is 24.4 Å². The Morgan fingerprint density at radius 3 is 2.77 bits per heavy atom. The number of hydrogen-bond donors (Lipinski definition) is 0. The molecule has 3 atom stereocenters. The summed E-state index contributed by atoms with van der Waals surface area (Å²) in [6, 6.07) is 11.7. The van der Waals surface area contributed by atoms with Gasteiger partial charge in [-0.2, -0.15) is 0 Å². The maximum absolute atomic E-state index is 13.4. The van der Waals surface area contributed by atoms with Crippen LogP contribution in [0.4, 0.5) is 0 Å². The molecule has 1 aromatic carbocycles. The van der Waals surface area contributed by atoms with E-state index < -0.39 is 6.04 Å². The fourth-order valence-electron chi connectivity index (χ4n) is 5.29. The lowest BCUT2D eigenvalue weighted by Crippen LogP contribution is -2.51. The fraction of sp³-hybridized carbons (Fsp3) is 0.375. The van der Waals surface area contributed by atoms with Gasteiger partial charge in [-0.25, -0.2) is 0 Å². The molecule has 4 heterocycles. The van der Waals surface area contributed by atoms with Crippen molar-refractivity contribution in [3.63, 3.8) is 0 Å². The number of carbonyl (C=O) groups is 2. The van der Waals surface area contributed by atoms with Crippen LogP contribution in [0.25, 0.3) is 10.1 Å². The summed E-state index contributed by atoms with van der Waals surface area (Å²) in [7, 11) is 0. The van der Waals surface area contributed by atoms with Gasteiger partial charge in [-0.15, -0.1) is 11.3 Å². The van der Waals surface area contributed by atoms with Crippen LogP contribution in [-0.4, -0.2) is 44.8 Å². The molecular weight excluding hydrogens is 410 g/mol. The Morgan fingerprint density at radius 1 is 1.06 bits per heavy atom. The number of nitrogens with zero attached hydrogens (tertiary/aromatic N) is 3. The molecule has 3 aliphatic rings. The lowest BCUT2D eigenvalue weighted by molar-refractivity contribution is -0.146. The molecule has 0 radical (unpaired) electrons. The average Bonchev–Trinajstić information content (AvgIpc) is 3.21. The van der Waals surface area contributed by atoms with Gasteiger partial charge in [0.2, 0.25) is 11.8 Å². The summed E-state index contributed by atoms with van der Waals surface area (Å²) in [6.45, 7) is 1.29. The van der Waals surface area contributed by atoms with Gasteiger partial charge in [0.15, 0.2) is 0 Å². The number of fused-ring (bicyclic) bond motifs is 3. The summed E-state index contributed by atoms with van der Waals surface area (Å²) in [5.74, 6) is 0.346. The molecule has 2 fully saturated rings. The minimum absolute atomic E-state index is 0.0134. The van der Waals surface area contributed by atoms with Crippen molar-refractivity contribution in [3.8, 4) is 0 Å². The van der Waals surface area contributed by atoms with Crippen LogP contribution in [0.15, 0.2) is 52.8 Å². The van der Waals surface area contributed by atoms with E-state index >= 15 is 0 Å². The molecule has 2 aliphatic heterocycles. The third kappa shape index (κ3) is 3.10. The Hall–Kier alpha value is -2.93. The Balaban J connectivity index is 1.22. The number of piperidine rings is 1. The number of rotatable bonds is 3. The van der Waals surface area contributed by atoms with Crippen LogP contribution in [0.1, 0.15) is 24.0 Å². The molecule has 3 aromatic rings. The monoisotopic (exact) mass is 433 g/mol. The maximum atomic E-state index is 13.4. The molecule has 1 saturated carbocycles. The zero-order chi connectivity index (χ0) is 21.1. The quantitative estimate of drug-likeness (QED) is 0.638. The van der Waals surface area contributed by atoms with E-state index in [-0.39, 0.29) is 30.0 Å². The molecule has 7 heteroatoms. The summed E-state index contributed by atoms with van der Waals surface area (Å²) < 4.78 is 2.40. The van der Waals surface area contributed by atoms with Crippen molar-refractivity contribution in [2.75, 3.05) is 6.54 Å². The molecule has 0 unspecified atom stereocenters. The normalized spacial score (nSPS) is 24.2. The Kier molecular flexibility index (Phi) is 4.28. The first-order chi connectivity index (χ1) is 15.1. The number of amides is 2. The van der Waals surface area contributed by atoms with E-state index in [2.05, 4.69) is 12.1 Å². The van der Waals surface area contributed by atoms with E-state index in [1.54, 1.807) is 17.2 Å². The van der Waals surface area contributed by atoms with E-state index in [4.69, 9.17) is 0 Å². The summed E-state index contributed by atoms with van der Waals surface area (Å²) >= 11 is 1.52. The standard InChI is InChI=1S/C24H23N3O3S/c28-22(14-26-9-6-21-18(23(26)29)7-10-31-21)27-19-11-17(19)12-20(27)24(30)25-8-5-15-3-1-2-4-16(15)13-25/h1-4,6-7,9-10,17,19-20H,5,8,11-14H2/t17-,19-,20+/m0/s1. The number of carbonyl (C=O) groups excluding carboxylic acids is 2. The number of aromatic nitrogens is 1. The van der Waals surface area contributed by atoms with Crippen molar-refractivity contribution in [2.24, 2.45) is 5.92 Å². The first kappa shape index (κ1) is 18.8. The molecule has 158 valence electrons. The molecule has 6 rings (SSSR count). The van der Waals surface area contributed by atoms with Crippen molar-refractivity contribution < 1.29 is 9.59 Å². The van der Waals surface area contributed by atoms with Gasteiger partial charge in [0, 0.05) is 30.0 Å². The highest BCUT2D eigenvalue weighted by Gasteiger charge is 2.56. The van der Waals surface area contributed by atoms with Crippen LogP contribution in [0.3, 0.4) is 0 Å². The molecule has 2 aromatic heterocycles. The van der Waals surface area contributed by atoms with E-state index in [1.807, 2.05) is 28.5 Å². The second-order valence-electron chi connectivity index (χ2n) is 8.84. The minimum atomic E-state index is -0.401. The molecule has 0 spiro atoms. The highest BCUT2D eigenvalue weighted by atomic mass is 32.1. The van der Waals surface area contributed by atoms with Crippen LogP contribution in [0.5, 0.6) is 0 Å². The lowest BCUT2D eigenvalue weighted by atomic mass is 9.99. The van der Waals surface area contributed by atoms with Crippen molar-refractivity contribution >= 4 is 33.2 Å². The van der Waals surface area contributed by atoms with E-state index in [9.17, 15) is 14.4 Å². The Labute approximate surface area is 183 Å². The summed E-state index contributed by atoms with van der Waals surface area (Å²) in [6.07, 6.45) is 4.26. The highest BCUT2D eigenvalue weighted by Crippen LogP contribution is 2.48. The SMILES string of the molecule is O=C([C@H]1C[C@@H]2C[C@@H]2N1C(=O)Cn1ccc2sccc2c1=O)N1CCc2ccccc2C1. The van der Waals surface area contributed by atoms with Crippen LogP contribution < -0.4 is 5.56 Å². The summed E-state index contributed by atoms with van der Waals surface area (Å²) in [5.41, 5.74) is 2.35. The first-order valence-corrected chi connectivity index (χ1v) is 11.7. The zero-order valence-electron chi connectivity index (χ0n) is 17.1. The molecule has 1 saturated heterocycles. The second-order valence-corrected chi connectivity index (χ2v) is 9.79. The van der Waals surface area contributed by atoms with Crippen LogP contribution in [-0.2, 0) is 29.1 Å². The molecule has 2 amide bonds. The van der Waals surface area contributed by atoms with Crippen LogP contribution in [0, 0.1) is 5.92 Å². The van der Waals surface area contributed by atoms with Gasteiger partial charge in [-0.1, -0.05) is 24.3 Å². The van der Waals surface area contributed by atoms with Crippen LogP contribution in [0.2, 0.25) is 0 Å². The van der Waals surface area contributed by atoms with Crippen LogP contribution >= 0.6 is 11.3 Å². The number of likely N-dealkylation sites (tertiary alicyclic amines) is 1. The summed E-state index contributed by atoms with van der Waals surface area (Å²) in [4.78, 5) is 43.1. The van der Waals surface area contributed by atoms with Gasteiger partial charge in [-0.05, 0) is 53.8 Å². The third-order valence-electron chi connectivity index (χ3n) is 7.02. The van der Waals surface area contributed by atoms with Gasteiger partial charge < -0.3 is 14.4 Å². The van der Waals surface area contributed by atoms with Crippen molar-refractivity contribution in [1.82, 2.24) is 14.4 Å². The topological polar surface area (TPSA) is 62.6 Å². The minimum Gasteiger partial charge on any atom is -0.336 e. The lowest BCUT2D eigenvalue weighted by Gasteiger charge is -2.35. The van der Waals surface area contributed by atoms with E-state index in [1.165, 1.54) is 27.0 Å². The molecular formula is C24H23N3O3S. The molecule has 0 bridgehead atoms. The van der Waals surface area contributed by atoms with Crippen molar-refractivity contribution in [1.29, 1.82) is 0 Å². The molecule has 6 nitrogen and oxygen atoms in total. The first-order valence-electron chi connectivity index (χ1n) is 10.8. The largest absolute Gasteiger partial charge is 0.336 e. The molecule has 31 heavy (non-hydrogen) atoms. The fourth-order valence-corrected chi connectivity index (χ4v) is 6.06. The average molecular weight is 434 g/mol. The smallest absolute Gasteiger partial charge is 0.259 e. The zero-order valence-corrected chi connectivity index (χ0v) is 17.9. The number of hydrogen-bond acceptors (Lipinski definition) is 4. The summed E-state index contributed by atoms with van der Waals surface area (Å²) in [5, 5.41) is 2.53. The maximum Gasteiger partial charge on any atom is 0.259 e. The number of benzene rings is 1. The number of thiophene rings is 1. The molecule has 1 aliphatic carbocycles.